The molecule has 0 saturated carbocycles. The van der Waals surface area contributed by atoms with Gasteiger partial charge < -0.3 is 4.42 Å². The van der Waals surface area contributed by atoms with Crippen LogP contribution >= 0.6 is 0 Å². The van der Waals surface area contributed by atoms with Crippen LogP contribution in [-0.4, -0.2) is 14.8 Å². The van der Waals surface area contributed by atoms with Crippen LogP contribution in [0, 0.1) is 0 Å². The van der Waals surface area contributed by atoms with E-state index in [0.717, 1.165) is 49.9 Å². The monoisotopic (exact) mass is 537 g/mol. The van der Waals surface area contributed by atoms with Gasteiger partial charge in [-0.25, -0.2) is 4.68 Å². The van der Waals surface area contributed by atoms with E-state index in [2.05, 4.69) is 102 Å². The fraction of sp³-hybridized carbons (Fsp3) is 0. The lowest BCUT2D eigenvalue weighted by atomic mass is 9.92. The summed E-state index contributed by atoms with van der Waals surface area (Å²) in [7, 11) is 0. The van der Waals surface area contributed by atoms with Gasteiger partial charge in [0.1, 0.15) is 11.2 Å². The number of furan rings is 1. The van der Waals surface area contributed by atoms with Crippen LogP contribution in [0.25, 0.3) is 82.2 Å². The quantitative estimate of drug-likeness (QED) is 0.211. The summed E-state index contributed by atoms with van der Waals surface area (Å²) in [4.78, 5) is 4.61. The summed E-state index contributed by atoms with van der Waals surface area (Å²) >= 11 is 0. The molecule has 3 heterocycles. The molecule has 0 N–H and O–H groups in total. The van der Waals surface area contributed by atoms with Gasteiger partial charge in [-0.1, -0.05) is 84.9 Å². The summed E-state index contributed by atoms with van der Waals surface area (Å²) in [6.45, 7) is 0. The van der Waals surface area contributed by atoms with Crippen molar-refractivity contribution in [1.29, 1.82) is 0 Å². The van der Waals surface area contributed by atoms with E-state index in [9.17, 15) is 0 Å². The summed E-state index contributed by atoms with van der Waals surface area (Å²) in [5.74, 6) is 0. The molecule has 0 spiro atoms. The normalized spacial score (nSPS) is 11.8. The average Bonchev–Trinajstić information content (AvgIpc) is 3.70. The fourth-order valence-corrected chi connectivity index (χ4v) is 6.32. The highest BCUT2D eigenvalue weighted by Gasteiger charge is 2.12. The molecule has 3 aromatic heterocycles. The molecule has 0 fully saturated rings. The Hall–Kier alpha value is -5.74. The summed E-state index contributed by atoms with van der Waals surface area (Å²) in [6.07, 6.45) is 7.75. The second-order valence-electron chi connectivity index (χ2n) is 10.8. The molecule has 0 aliphatic heterocycles. The molecule has 4 heteroatoms. The van der Waals surface area contributed by atoms with Gasteiger partial charge in [0.05, 0.1) is 18.1 Å². The van der Waals surface area contributed by atoms with Crippen molar-refractivity contribution in [2.24, 2.45) is 0 Å². The van der Waals surface area contributed by atoms with Crippen molar-refractivity contribution < 1.29 is 4.42 Å². The first-order valence-electron chi connectivity index (χ1n) is 14.1. The lowest BCUT2D eigenvalue weighted by molar-refractivity contribution is 0.669. The first-order chi connectivity index (χ1) is 20.8. The Morgan fingerprint density at radius 1 is 0.429 bits per heavy atom. The Bertz CT molecular complexity index is 2450. The van der Waals surface area contributed by atoms with Crippen LogP contribution in [0.3, 0.4) is 0 Å². The highest BCUT2D eigenvalue weighted by Crippen LogP contribution is 2.37. The highest BCUT2D eigenvalue weighted by molar-refractivity contribution is 6.25. The topological polar surface area (TPSA) is 43.9 Å². The maximum atomic E-state index is 6.02. The lowest BCUT2D eigenvalue weighted by Gasteiger charge is -2.12. The van der Waals surface area contributed by atoms with Crippen LogP contribution in [-0.2, 0) is 0 Å². The molecule has 0 radical (unpaired) electrons. The van der Waals surface area contributed by atoms with Crippen molar-refractivity contribution in [3.05, 3.63) is 140 Å². The van der Waals surface area contributed by atoms with Gasteiger partial charge >= 0.3 is 0 Å². The van der Waals surface area contributed by atoms with E-state index in [1.54, 1.807) is 0 Å². The third-order valence-corrected chi connectivity index (χ3v) is 8.36. The van der Waals surface area contributed by atoms with E-state index in [-0.39, 0.29) is 0 Å². The van der Waals surface area contributed by atoms with Gasteiger partial charge in [-0.15, -0.1) is 0 Å². The van der Waals surface area contributed by atoms with Crippen molar-refractivity contribution >= 4 is 54.3 Å². The average molecular weight is 538 g/mol. The van der Waals surface area contributed by atoms with E-state index >= 15 is 0 Å². The van der Waals surface area contributed by atoms with Crippen molar-refractivity contribution in [3.63, 3.8) is 0 Å². The van der Waals surface area contributed by atoms with Crippen molar-refractivity contribution in [1.82, 2.24) is 14.8 Å². The van der Waals surface area contributed by atoms with Crippen molar-refractivity contribution in [2.75, 3.05) is 0 Å². The summed E-state index contributed by atoms with van der Waals surface area (Å²) < 4.78 is 7.91. The van der Waals surface area contributed by atoms with Crippen LogP contribution in [0.4, 0.5) is 0 Å². The number of nitrogens with zero attached hydrogens (tertiary/aromatic N) is 3. The molecule has 0 atom stereocenters. The Kier molecular flexibility index (Phi) is 4.87. The highest BCUT2D eigenvalue weighted by atomic mass is 16.3. The molecule has 0 bridgehead atoms. The molecule has 0 aliphatic rings. The van der Waals surface area contributed by atoms with E-state index in [1.807, 2.05) is 47.5 Å². The fourth-order valence-electron chi connectivity index (χ4n) is 6.32. The number of aromatic nitrogens is 3. The molecule has 42 heavy (non-hydrogen) atoms. The van der Waals surface area contributed by atoms with Gasteiger partial charge in [0, 0.05) is 34.3 Å². The van der Waals surface area contributed by atoms with Crippen LogP contribution < -0.4 is 0 Å². The Morgan fingerprint density at radius 2 is 1.02 bits per heavy atom. The molecule has 0 saturated heterocycles. The van der Waals surface area contributed by atoms with E-state index < -0.39 is 0 Å². The lowest BCUT2D eigenvalue weighted by Crippen LogP contribution is -1.95. The SMILES string of the molecule is c1ccc2c(c1)oc1ccc(-c3cnn(-c4cncc(-c5ccc6c7ccccc7c7ccccc7c6c5)c4)c3)cc12. The zero-order valence-corrected chi connectivity index (χ0v) is 22.5. The van der Waals surface area contributed by atoms with Crippen LogP contribution in [0.5, 0.6) is 0 Å². The second-order valence-corrected chi connectivity index (χ2v) is 10.8. The Balaban J connectivity index is 1.13. The molecule has 196 valence electrons. The van der Waals surface area contributed by atoms with Crippen LogP contribution in [0.2, 0.25) is 0 Å². The minimum Gasteiger partial charge on any atom is -0.456 e. The largest absolute Gasteiger partial charge is 0.456 e. The van der Waals surface area contributed by atoms with E-state index in [1.165, 1.54) is 32.3 Å². The summed E-state index contributed by atoms with van der Waals surface area (Å²) in [5, 5.41) is 14.5. The maximum Gasteiger partial charge on any atom is 0.135 e. The number of para-hydroxylation sites is 1. The van der Waals surface area contributed by atoms with E-state index in [0.29, 0.717) is 0 Å². The number of fused-ring (bicyclic) bond motifs is 9. The number of hydrogen-bond donors (Lipinski definition) is 0. The number of benzene rings is 6. The minimum absolute atomic E-state index is 0.889. The van der Waals surface area contributed by atoms with Gasteiger partial charge in [0.15, 0.2) is 0 Å². The molecule has 9 aromatic rings. The third kappa shape index (κ3) is 3.49. The number of pyridine rings is 1. The third-order valence-electron chi connectivity index (χ3n) is 8.36. The molecular weight excluding hydrogens is 514 g/mol. The van der Waals surface area contributed by atoms with Gasteiger partial charge in [-0.05, 0) is 73.8 Å². The number of hydrogen-bond acceptors (Lipinski definition) is 3. The molecule has 6 aromatic carbocycles. The first-order valence-corrected chi connectivity index (χ1v) is 14.1. The van der Waals surface area contributed by atoms with Crippen LogP contribution in [0.15, 0.2) is 144 Å². The standard InChI is InChI=1S/C38H23N3O/c1-2-9-31-29(7-1)30-8-3-4-10-32(30)35-18-24(13-15-33(31)35)26-17-28(22-39-20-26)41-23-27(21-40-41)25-14-16-38-36(19-25)34-11-5-6-12-37(34)42-38/h1-23H. The van der Waals surface area contributed by atoms with Crippen molar-refractivity contribution in [2.45, 2.75) is 0 Å². The van der Waals surface area contributed by atoms with Gasteiger partial charge in [-0.3, -0.25) is 4.98 Å². The molecule has 0 aliphatic carbocycles. The van der Waals surface area contributed by atoms with Gasteiger partial charge in [0.25, 0.3) is 0 Å². The second kappa shape index (κ2) is 8.88. The first kappa shape index (κ1) is 23.0. The molecular formula is C38H23N3O. The zero-order valence-electron chi connectivity index (χ0n) is 22.5. The number of rotatable bonds is 3. The van der Waals surface area contributed by atoms with Crippen molar-refractivity contribution in [3.8, 4) is 27.9 Å². The molecule has 9 rings (SSSR count). The van der Waals surface area contributed by atoms with Gasteiger partial charge in [-0.2, -0.15) is 5.10 Å². The minimum atomic E-state index is 0.889. The van der Waals surface area contributed by atoms with Crippen LogP contribution in [0.1, 0.15) is 0 Å². The summed E-state index contributed by atoms with van der Waals surface area (Å²) in [6, 6.07) is 40.7. The Labute approximate surface area is 241 Å². The van der Waals surface area contributed by atoms with Gasteiger partial charge in [0.2, 0.25) is 0 Å². The predicted octanol–water partition coefficient (Wildman–Crippen LogP) is 9.96. The zero-order chi connectivity index (χ0) is 27.6. The summed E-state index contributed by atoms with van der Waals surface area (Å²) in [5.41, 5.74) is 7.02. The molecule has 4 nitrogen and oxygen atoms in total. The smallest absolute Gasteiger partial charge is 0.135 e. The molecule has 0 unspecified atom stereocenters. The van der Waals surface area contributed by atoms with E-state index in [4.69, 9.17) is 9.52 Å². The Morgan fingerprint density at radius 3 is 1.81 bits per heavy atom. The maximum absolute atomic E-state index is 6.02. The molecule has 0 amide bonds. The predicted molar refractivity (Wildman–Crippen MR) is 172 cm³/mol.